The van der Waals surface area contributed by atoms with E-state index in [1.807, 2.05) is 12.1 Å². The summed E-state index contributed by atoms with van der Waals surface area (Å²) in [5.41, 5.74) is 2.01. The van der Waals surface area contributed by atoms with Gasteiger partial charge in [0.15, 0.2) is 11.5 Å². The molecule has 6 heteroatoms. The van der Waals surface area contributed by atoms with Crippen molar-refractivity contribution < 1.29 is 19.1 Å². The number of rotatable bonds is 6. The molecule has 0 radical (unpaired) electrons. The Morgan fingerprint density at radius 3 is 2.16 bits per heavy atom. The molecule has 0 spiro atoms. The molecule has 0 heterocycles. The molecule has 0 bridgehead atoms. The van der Waals surface area contributed by atoms with Crippen LogP contribution in [0.1, 0.15) is 15.9 Å². The average Bonchev–Trinajstić information content (AvgIpc) is 2.62. The molecule has 2 aromatic carbocycles. The Bertz CT molecular complexity index is 755. The van der Waals surface area contributed by atoms with Crippen LogP contribution in [0.5, 0.6) is 11.5 Å². The fraction of sp³-hybridized carbons (Fsp3) is 0.263. The number of anilines is 1. The van der Waals surface area contributed by atoms with Gasteiger partial charge in [-0.15, -0.1) is 0 Å². The van der Waals surface area contributed by atoms with Crippen molar-refractivity contribution in [2.45, 2.75) is 6.42 Å². The van der Waals surface area contributed by atoms with Gasteiger partial charge in [-0.2, -0.15) is 0 Å². The molecule has 0 saturated carbocycles. The monoisotopic (exact) mass is 342 g/mol. The van der Waals surface area contributed by atoms with Crippen molar-refractivity contribution in [3.63, 3.8) is 0 Å². The van der Waals surface area contributed by atoms with Gasteiger partial charge in [0.2, 0.25) is 5.91 Å². The van der Waals surface area contributed by atoms with Gasteiger partial charge in [0.25, 0.3) is 5.91 Å². The number of carbonyl (C=O) groups is 2. The van der Waals surface area contributed by atoms with Crippen molar-refractivity contribution in [2.75, 3.05) is 33.6 Å². The number of hydrogen-bond donors (Lipinski definition) is 1. The van der Waals surface area contributed by atoms with E-state index < -0.39 is 0 Å². The number of hydrogen-bond acceptors (Lipinski definition) is 4. The van der Waals surface area contributed by atoms with Crippen LogP contribution in [0.15, 0.2) is 42.5 Å². The van der Waals surface area contributed by atoms with E-state index in [9.17, 15) is 9.59 Å². The van der Waals surface area contributed by atoms with Gasteiger partial charge in [0.1, 0.15) is 0 Å². The minimum Gasteiger partial charge on any atom is -0.493 e. The predicted octanol–water partition coefficient (Wildman–Crippen LogP) is 2.59. The minimum atomic E-state index is -0.252. The molecule has 132 valence electrons. The highest BCUT2D eigenvalue weighted by atomic mass is 16.5. The van der Waals surface area contributed by atoms with E-state index in [0.29, 0.717) is 29.2 Å². The average molecular weight is 342 g/mol. The maximum atomic E-state index is 12.4. The Morgan fingerprint density at radius 1 is 0.960 bits per heavy atom. The van der Waals surface area contributed by atoms with Crippen LogP contribution >= 0.6 is 0 Å². The summed E-state index contributed by atoms with van der Waals surface area (Å²) < 4.78 is 10.4. The molecule has 0 aromatic heterocycles. The van der Waals surface area contributed by atoms with E-state index >= 15 is 0 Å². The van der Waals surface area contributed by atoms with Gasteiger partial charge >= 0.3 is 0 Å². The first kappa shape index (κ1) is 18.3. The van der Waals surface area contributed by atoms with E-state index in [1.165, 1.54) is 7.11 Å². The first-order chi connectivity index (χ1) is 11.9. The molecule has 25 heavy (non-hydrogen) atoms. The van der Waals surface area contributed by atoms with Crippen LogP contribution in [0.4, 0.5) is 5.69 Å². The first-order valence-corrected chi connectivity index (χ1v) is 7.77. The van der Waals surface area contributed by atoms with Gasteiger partial charge < -0.3 is 19.7 Å². The summed E-state index contributed by atoms with van der Waals surface area (Å²) in [7, 11) is 6.51. The minimum absolute atomic E-state index is 0.0297. The maximum absolute atomic E-state index is 12.4. The van der Waals surface area contributed by atoms with Crippen LogP contribution < -0.4 is 14.8 Å². The summed E-state index contributed by atoms with van der Waals surface area (Å²) in [5, 5.41) is 2.82. The van der Waals surface area contributed by atoms with E-state index in [1.54, 1.807) is 56.4 Å². The van der Waals surface area contributed by atoms with Gasteiger partial charge in [-0.1, -0.05) is 12.1 Å². The maximum Gasteiger partial charge on any atom is 0.255 e. The Hall–Kier alpha value is -3.02. The third-order valence-electron chi connectivity index (χ3n) is 3.71. The largest absolute Gasteiger partial charge is 0.493 e. The second-order valence-corrected chi connectivity index (χ2v) is 5.69. The number of carbonyl (C=O) groups excluding carboxylic acids is 2. The van der Waals surface area contributed by atoms with Crippen LogP contribution in [-0.4, -0.2) is 45.0 Å². The van der Waals surface area contributed by atoms with Crippen molar-refractivity contribution >= 4 is 17.5 Å². The molecule has 1 N–H and O–H groups in total. The number of nitrogens with one attached hydrogen (secondary N) is 1. The van der Waals surface area contributed by atoms with Gasteiger partial charge in [0, 0.05) is 25.3 Å². The van der Waals surface area contributed by atoms with Crippen molar-refractivity contribution in [2.24, 2.45) is 0 Å². The van der Waals surface area contributed by atoms with E-state index in [4.69, 9.17) is 9.47 Å². The summed E-state index contributed by atoms with van der Waals surface area (Å²) in [5.74, 6) is 0.835. The third-order valence-corrected chi connectivity index (χ3v) is 3.71. The normalized spacial score (nSPS) is 10.1. The SMILES string of the molecule is COc1ccc(C(=O)Nc2ccc(CC(=O)N(C)C)cc2)cc1OC. The fourth-order valence-corrected chi connectivity index (χ4v) is 2.22. The van der Waals surface area contributed by atoms with E-state index in [-0.39, 0.29) is 11.8 Å². The molecule has 0 aliphatic heterocycles. The molecule has 0 fully saturated rings. The lowest BCUT2D eigenvalue weighted by atomic mass is 10.1. The standard InChI is InChI=1S/C19H22N2O4/c1-21(2)18(22)11-13-5-8-15(9-6-13)20-19(23)14-7-10-16(24-3)17(12-14)25-4/h5-10,12H,11H2,1-4H3,(H,20,23). The Labute approximate surface area is 147 Å². The fourth-order valence-electron chi connectivity index (χ4n) is 2.22. The van der Waals surface area contributed by atoms with Gasteiger partial charge in [-0.25, -0.2) is 0 Å². The van der Waals surface area contributed by atoms with Crippen LogP contribution in [0, 0.1) is 0 Å². The topological polar surface area (TPSA) is 67.9 Å². The molecule has 2 rings (SSSR count). The molecule has 0 saturated heterocycles. The smallest absolute Gasteiger partial charge is 0.255 e. The van der Waals surface area contributed by atoms with Crippen molar-refractivity contribution in [1.29, 1.82) is 0 Å². The number of methoxy groups -OCH3 is 2. The van der Waals surface area contributed by atoms with Crippen LogP contribution in [-0.2, 0) is 11.2 Å². The zero-order valence-corrected chi connectivity index (χ0v) is 14.8. The van der Waals surface area contributed by atoms with Crippen LogP contribution in [0.2, 0.25) is 0 Å². The highest BCUT2D eigenvalue weighted by Gasteiger charge is 2.11. The number of ether oxygens (including phenoxy) is 2. The number of likely N-dealkylation sites (N-methyl/N-ethyl adjacent to an activating group) is 1. The predicted molar refractivity (Wildman–Crippen MR) is 96.3 cm³/mol. The Morgan fingerprint density at radius 2 is 1.60 bits per heavy atom. The third kappa shape index (κ3) is 4.73. The molecule has 2 amide bonds. The van der Waals surface area contributed by atoms with Gasteiger partial charge in [-0.3, -0.25) is 9.59 Å². The number of benzene rings is 2. The van der Waals surface area contributed by atoms with E-state index in [2.05, 4.69) is 5.32 Å². The Balaban J connectivity index is 2.06. The lowest BCUT2D eigenvalue weighted by Crippen LogP contribution is -2.23. The first-order valence-electron chi connectivity index (χ1n) is 7.77. The Kier molecular flexibility index (Phi) is 6.00. The van der Waals surface area contributed by atoms with Crippen molar-refractivity contribution in [1.82, 2.24) is 4.90 Å². The van der Waals surface area contributed by atoms with Crippen molar-refractivity contribution in [3.05, 3.63) is 53.6 Å². The second kappa shape index (κ2) is 8.19. The van der Waals surface area contributed by atoms with Crippen LogP contribution in [0.3, 0.4) is 0 Å². The molecular weight excluding hydrogens is 320 g/mol. The highest BCUT2D eigenvalue weighted by Crippen LogP contribution is 2.27. The van der Waals surface area contributed by atoms with Crippen molar-refractivity contribution in [3.8, 4) is 11.5 Å². The highest BCUT2D eigenvalue weighted by molar-refractivity contribution is 6.04. The molecular formula is C19H22N2O4. The number of amides is 2. The summed E-state index contributed by atoms with van der Waals surface area (Å²) >= 11 is 0. The molecule has 0 aliphatic rings. The summed E-state index contributed by atoms with van der Waals surface area (Å²) in [4.78, 5) is 25.6. The summed E-state index contributed by atoms with van der Waals surface area (Å²) in [6, 6.07) is 12.2. The second-order valence-electron chi connectivity index (χ2n) is 5.69. The van der Waals surface area contributed by atoms with Gasteiger partial charge in [0.05, 0.1) is 20.6 Å². The lowest BCUT2D eigenvalue weighted by Gasteiger charge is -2.11. The zero-order valence-electron chi connectivity index (χ0n) is 14.8. The molecule has 0 unspecified atom stereocenters. The zero-order chi connectivity index (χ0) is 18.4. The molecule has 0 aliphatic carbocycles. The lowest BCUT2D eigenvalue weighted by molar-refractivity contribution is -0.127. The van der Waals surface area contributed by atoms with Gasteiger partial charge in [-0.05, 0) is 35.9 Å². The summed E-state index contributed by atoms with van der Waals surface area (Å²) in [6.45, 7) is 0. The molecule has 6 nitrogen and oxygen atoms in total. The molecule has 2 aromatic rings. The number of nitrogens with zero attached hydrogens (tertiary/aromatic N) is 1. The van der Waals surface area contributed by atoms with Crippen LogP contribution in [0.25, 0.3) is 0 Å². The molecule has 0 atom stereocenters. The van der Waals surface area contributed by atoms with E-state index in [0.717, 1.165) is 5.56 Å². The summed E-state index contributed by atoms with van der Waals surface area (Å²) in [6.07, 6.45) is 0.330. The quantitative estimate of drug-likeness (QED) is 0.876.